The maximum absolute atomic E-state index is 12.1. The molecule has 1 N–H and O–H groups in total. The van der Waals surface area contributed by atoms with Gasteiger partial charge < -0.3 is 10.1 Å². The van der Waals surface area contributed by atoms with E-state index in [1.807, 2.05) is 20.8 Å². The Labute approximate surface area is 125 Å². The van der Waals surface area contributed by atoms with Gasteiger partial charge in [-0.15, -0.1) is 0 Å². The van der Waals surface area contributed by atoms with Crippen LogP contribution < -0.4 is 5.32 Å². The average Bonchev–Trinajstić information content (AvgIpc) is 2.86. The maximum Gasteiger partial charge on any atom is 0.319 e. The highest BCUT2D eigenvalue weighted by Gasteiger charge is 2.16. The standard InChI is InChI=1S/C14H24N4O3/c1-5-8-17(10-14(20)21-4)9-13(19)16-12-6-7-15-18(12)11(2)3/h6-7,11H,5,8-10H2,1-4H3,(H,16,19). The van der Waals surface area contributed by atoms with Crippen molar-refractivity contribution in [3.8, 4) is 0 Å². The lowest BCUT2D eigenvalue weighted by Gasteiger charge is -2.20. The zero-order valence-electron chi connectivity index (χ0n) is 13.1. The van der Waals surface area contributed by atoms with Crippen LogP contribution in [0.2, 0.25) is 0 Å². The molecule has 0 aliphatic heterocycles. The van der Waals surface area contributed by atoms with Gasteiger partial charge in [-0.05, 0) is 26.8 Å². The van der Waals surface area contributed by atoms with Crippen molar-refractivity contribution >= 4 is 17.7 Å². The number of hydrogen-bond acceptors (Lipinski definition) is 5. The summed E-state index contributed by atoms with van der Waals surface area (Å²) in [6, 6.07) is 1.92. The number of carbonyl (C=O) groups is 2. The Morgan fingerprint density at radius 2 is 2.14 bits per heavy atom. The molecule has 0 aliphatic carbocycles. The maximum atomic E-state index is 12.1. The third-order valence-corrected chi connectivity index (χ3v) is 2.91. The van der Waals surface area contributed by atoms with Gasteiger partial charge in [-0.1, -0.05) is 6.92 Å². The van der Waals surface area contributed by atoms with Crippen LogP contribution in [0.15, 0.2) is 12.3 Å². The zero-order chi connectivity index (χ0) is 15.8. The summed E-state index contributed by atoms with van der Waals surface area (Å²) in [6.45, 7) is 6.89. The van der Waals surface area contributed by atoms with E-state index in [0.29, 0.717) is 12.4 Å². The number of ether oxygens (including phenoxy) is 1. The predicted octanol–water partition coefficient (Wildman–Crippen LogP) is 1.29. The number of nitrogens with zero attached hydrogens (tertiary/aromatic N) is 3. The number of nitrogens with one attached hydrogen (secondary N) is 1. The molecule has 0 radical (unpaired) electrons. The minimum atomic E-state index is -0.344. The van der Waals surface area contributed by atoms with Crippen molar-refractivity contribution in [3.05, 3.63) is 12.3 Å². The number of rotatable bonds is 8. The largest absolute Gasteiger partial charge is 0.468 e. The molecule has 21 heavy (non-hydrogen) atoms. The molecule has 0 atom stereocenters. The Bertz CT molecular complexity index is 471. The first-order chi connectivity index (χ1) is 9.97. The van der Waals surface area contributed by atoms with Crippen molar-refractivity contribution < 1.29 is 14.3 Å². The Kier molecular flexibility index (Phi) is 6.87. The number of carbonyl (C=O) groups excluding carboxylic acids is 2. The summed E-state index contributed by atoms with van der Waals surface area (Å²) in [6.07, 6.45) is 2.50. The van der Waals surface area contributed by atoms with Crippen LogP contribution in [0.4, 0.5) is 5.82 Å². The molecule has 0 fully saturated rings. The molecule has 1 heterocycles. The average molecular weight is 296 g/mol. The molecule has 1 aromatic heterocycles. The van der Waals surface area contributed by atoms with Crippen LogP contribution in [-0.2, 0) is 14.3 Å². The first-order valence-corrected chi connectivity index (χ1v) is 7.10. The molecule has 0 spiro atoms. The van der Waals surface area contributed by atoms with Crippen LogP contribution in [0, 0.1) is 0 Å². The number of aromatic nitrogens is 2. The van der Waals surface area contributed by atoms with Gasteiger partial charge in [-0.3, -0.25) is 14.5 Å². The number of hydrogen-bond donors (Lipinski definition) is 1. The highest BCUT2D eigenvalue weighted by Crippen LogP contribution is 2.12. The van der Waals surface area contributed by atoms with Gasteiger partial charge in [0.1, 0.15) is 5.82 Å². The van der Waals surface area contributed by atoms with E-state index in [2.05, 4.69) is 15.2 Å². The SMILES string of the molecule is CCCN(CC(=O)Nc1ccnn1C(C)C)CC(=O)OC. The smallest absolute Gasteiger partial charge is 0.319 e. The first kappa shape index (κ1) is 17.2. The van der Waals surface area contributed by atoms with Gasteiger partial charge in [0.15, 0.2) is 0 Å². The van der Waals surface area contributed by atoms with E-state index >= 15 is 0 Å². The number of esters is 1. The van der Waals surface area contributed by atoms with E-state index in [1.165, 1.54) is 7.11 Å². The van der Waals surface area contributed by atoms with Crippen LogP contribution in [0.3, 0.4) is 0 Å². The summed E-state index contributed by atoms with van der Waals surface area (Å²) < 4.78 is 6.38. The van der Waals surface area contributed by atoms with E-state index < -0.39 is 0 Å². The predicted molar refractivity (Wildman–Crippen MR) is 80.0 cm³/mol. The van der Waals surface area contributed by atoms with Gasteiger partial charge in [-0.2, -0.15) is 5.10 Å². The molecule has 0 saturated heterocycles. The molecule has 1 amide bonds. The fourth-order valence-corrected chi connectivity index (χ4v) is 1.99. The molecule has 7 heteroatoms. The molecule has 0 aliphatic rings. The summed E-state index contributed by atoms with van der Waals surface area (Å²) in [4.78, 5) is 25.2. The molecule has 0 bridgehead atoms. The van der Waals surface area contributed by atoms with E-state index in [1.54, 1.807) is 21.8 Å². The van der Waals surface area contributed by atoms with Gasteiger partial charge in [0.2, 0.25) is 5.91 Å². The zero-order valence-corrected chi connectivity index (χ0v) is 13.1. The Morgan fingerprint density at radius 3 is 2.71 bits per heavy atom. The van der Waals surface area contributed by atoms with Crippen LogP contribution in [0.1, 0.15) is 33.2 Å². The summed E-state index contributed by atoms with van der Waals surface area (Å²) in [5, 5.41) is 6.98. The highest BCUT2D eigenvalue weighted by atomic mass is 16.5. The minimum Gasteiger partial charge on any atom is -0.468 e. The van der Waals surface area contributed by atoms with Crippen LogP contribution in [0.5, 0.6) is 0 Å². The van der Waals surface area contributed by atoms with Crippen molar-refractivity contribution in [2.75, 3.05) is 32.1 Å². The fraction of sp³-hybridized carbons (Fsp3) is 0.643. The van der Waals surface area contributed by atoms with Crippen molar-refractivity contribution in [2.45, 2.75) is 33.2 Å². The van der Waals surface area contributed by atoms with Gasteiger partial charge in [0.25, 0.3) is 0 Å². The molecule has 118 valence electrons. The van der Waals surface area contributed by atoms with Crippen LogP contribution in [-0.4, -0.2) is 53.3 Å². The third-order valence-electron chi connectivity index (χ3n) is 2.91. The van der Waals surface area contributed by atoms with Crippen LogP contribution in [0.25, 0.3) is 0 Å². The lowest BCUT2D eigenvalue weighted by molar-refractivity contribution is -0.142. The number of amides is 1. The first-order valence-electron chi connectivity index (χ1n) is 7.10. The van der Waals surface area contributed by atoms with E-state index in [4.69, 9.17) is 0 Å². The van der Waals surface area contributed by atoms with Gasteiger partial charge >= 0.3 is 5.97 Å². The Balaban J connectivity index is 2.61. The van der Waals surface area contributed by atoms with Crippen molar-refractivity contribution in [1.82, 2.24) is 14.7 Å². The molecule has 7 nitrogen and oxygen atoms in total. The molecular formula is C14H24N4O3. The monoisotopic (exact) mass is 296 g/mol. The highest BCUT2D eigenvalue weighted by molar-refractivity contribution is 5.91. The van der Waals surface area contributed by atoms with E-state index in [0.717, 1.165) is 6.42 Å². The summed E-state index contributed by atoms with van der Waals surface area (Å²) in [5.41, 5.74) is 0. The molecular weight excluding hydrogens is 272 g/mol. The number of anilines is 1. The quantitative estimate of drug-likeness (QED) is 0.731. The second-order valence-electron chi connectivity index (χ2n) is 5.09. The lowest BCUT2D eigenvalue weighted by atomic mass is 10.3. The molecule has 0 aromatic carbocycles. The van der Waals surface area contributed by atoms with Gasteiger partial charge in [0, 0.05) is 12.1 Å². The molecule has 1 aromatic rings. The second kappa shape index (κ2) is 8.41. The number of methoxy groups -OCH3 is 1. The van der Waals surface area contributed by atoms with Crippen molar-refractivity contribution in [3.63, 3.8) is 0 Å². The topological polar surface area (TPSA) is 76.5 Å². The molecule has 1 rings (SSSR count). The Hall–Kier alpha value is -1.89. The van der Waals surface area contributed by atoms with Gasteiger partial charge in [0.05, 0.1) is 26.4 Å². The fourth-order valence-electron chi connectivity index (χ4n) is 1.99. The van der Waals surface area contributed by atoms with E-state index in [-0.39, 0.29) is 31.0 Å². The van der Waals surface area contributed by atoms with Crippen molar-refractivity contribution in [1.29, 1.82) is 0 Å². The summed E-state index contributed by atoms with van der Waals surface area (Å²) >= 11 is 0. The molecule has 0 saturated carbocycles. The van der Waals surface area contributed by atoms with Crippen LogP contribution >= 0.6 is 0 Å². The summed E-state index contributed by atoms with van der Waals surface area (Å²) in [5.74, 6) is 0.141. The minimum absolute atomic E-state index is 0.112. The lowest BCUT2D eigenvalue weighted by Crippen LogP contribution is -2.38. The third kappa shape index (κ3) is 5.55. The van der Waals surface area contributed by atoms with Gasteiger partial charge in [-0.25, -0.2) is 4.68 Å². The van der Waals surface area contributed by atoms with Crippen molar-refractivity contribution in [2.24, 2.45) is 0 Å². The molecule has 0 unspecified atom stereocenters. The normalized spacial score (nSPS) is 11.0. The summed E-state index contributed by atoms with van der Waals surface area (Å²) in [7, 11) is 1.34. The van der Waals surface area contributed by atoms with E-state index in [9.17, 15) is 9.59 Å². The second-order valence-corrected chi connectivity index (χ2v) is 5.09. The Morgan fingerprint density at radius 1 is 1.43 bits per heavy atom.